The highest BCUT2D eigenvalue weighted by Crippen LogP contribution is 2.41. The first-order valence-electron chi connectivity index (χ1n) is 16.0. The molecule has 0 radical (unpaired) electrons. The molecule has 0 saturated carbocycles. The first-order valence-corrected chi connectivity index (χ1v) is 18.9. The molecule has 0 bridgehead atoms. The fourth-order valence-electron chi connectivity index (χ4n) is 5.92. The van der Waals surface area contributed by atoms with Crippen molar-refractivity contribution in [3.8, 4) is 28.4 Å². The number of hydrogen-bond donors (Lipinski definition) is 0. The van der Waals surface area contributed by atoms with E-state index in [2.05, 4.69) is 82.7 Å². The second-order valence-corrected chi connectivity index (χ2v) is 19.9. The third-order valence-electron chi connectivity index (χ3n) is 9.38. The average molecular weight is 646 g/mol. The smallest absolute Gasteiger partial charge is 0.192 e. The van der Waals surface area contributed by atoms with Crippen LogP contribution in [0.15, 0.2) is 41.1 Å². The van der Waals surface area contributed by atoms with E-state index in [1.165, 1.54) is 6.07 Å². The minimum absolute atomic E-state index is 0.0545. The van der Waals surface area contributed by atoms with E-state index in [0.29, 0.717) is 41.8 Å². The summed E-state index contributed by atoms with van der Waals surface area (Å²) in [6.07, 6.45) is 1.33. The molecule has 8 nitrogen and oxygen atoms in total. The molecule has 0 fully saturated rings. The molecule has 0 spiro atoms. The summed E-state index contributed by atoms with van der Waals surface area (Å²) in [6, 6.07) is 8.83. The molecule has 4 heterocycles. The molecular formula is C36H48FN5O3Si. The number of ether oxygens (including phenoxy) is 1. The largest absolute Gasteiger partial charge is 0.487 e. The number of aromatic nitrogens is 4. The van der Waals surface area contributed by atoms with Gasteiger partial charge in [0.2, 0.25) is 0 Å². The van der Waals surface area contributed by atoms with Crippen molar-refractivity contribution < 1.29 is 18.1 Å². The molecule has 1 aliphatic rings. The molecule has 0 saturated heterocycles. The SMILES string of the molecule is Cc1noc(C)c1-c1nc(-c2cc(OC(C(C)O[Si](C)(C)C(C)(C)C)C(C)(C)C)ccc2F)nc(N2Cc3cccnc3C2)c1C. The normalized spacial score (nSPS) is 15.2. The molecule has 1 aromatic carbocycles. The Hall–Kier alpha value is -3.63. The second-order valence-electron chi connectivity index (χ2n) is 15.1. The van der Waals surface area contributed by atoms with Crippen molar-refractivity contribution in [1.82, 2.24) is 20.1 Å². The van der Waals surface area contributed by atoms with Gasteiger partial charge in [0.15, 0.2) is 14.1 Å². The summed E-state index contributed by atoms with van der Waals surface area (Å²) in [6.45, 7) is 26.7. The Bertz CT molecular complexity index is 1700. The van der Waals surface area contributed by atoms with Crippen LogP contribution in [-0.4, -0.2) is 40.6 Å². The van der Waals surface area contributed by atoms with Gasteiger partial charge in [-0.3, -0.25) is 4.98 Å². The Balaban J connectivity index is 1.58. The number of fused-ring (bicyclic) bond motifs is 1. The number of halogens is 1. The summed E-state index contributed by atoms with van der Waals surface area (Å²) in [5, 5.41) is 4.23. The highest BCUT2D eigenvalue weighted by molar-refractivity contribution is 6.74. The van der Waals surface area contributed by atoms with Gasteiger partial charge in [-0.15, -0.1) is 0 Å². The Morgan fingerprint density at radius 3 is 2.33 bits per heavy atom. The van der Waals surface area contributed by atoms with Crippen molar-refractivity contribution in [2.45, 2.75) is 113 Å². The molecule has 0 aliphatic carbocycles. The van der Waals surface area contributed by atoms with Gasteiger partial charge >= 0.3 is 0 Å². The lowest BCUT2D eigenvalue weighted by Gasteiger charge is -2.43. The van der Waals surface area contributed by atoms with Crippen molar-refractivity contribution in [3.05, 3.63) is 70.6 Å². The maximum atomic E-state index is 15.8. The quantitative estimate of drug-likeness (QED) is 0.176. The van der Waals surface area contributed by atoms with Gasteiger partial charge in [-0.25, -0.2) is 14.4 Å². The number of pyridine rings is 1. The zero-order valence-electron chi connectivity index (χ0n) is 29.4. The number of hydrogen-bond acceptors (Lipinski definition) is 8. The predicted molar refractivity (Wildman–Crippen MR) is 183 cm³/mol. The molecule has 2 atom stereocenters. The number of nitrogens with zero attached hydrogens (tertiary/aromatic N) is 5. The van der Waals surface area contributed by atoms with Gasteiger partial charge in [-0.05, 0) is 75.7 Å². The molecule has 3 aromatic heterocycles. The minimum atomic E-state index is -2.07. The van der Waals surface area contributed by atoms with Crippen LogP contribution in [0, 0.1) is 32.0 Å². The number of aryl methyl sites for hydroxylation is 2. The Kier molecular flexibility index (Phi) is 8.94. The summed E-state index contributed by atoms with van der Waals surface area (Å²) < 4.78 is 34.8. The minimum Gasteiger partial charge on any atom is -0.487 e. The summed E-state index contributed by atoms with van der Waals surface area (Å²) in [7, 11) is -2.07. The Morgan fingerprint density at radius 1 is 1.00 bits per heavy atom. The Morgan fingerprint density at radius 2 is 1.72 bits per heavy atom. The van der Waals surface area contributed by atoms with Crippen molar-refractivity contribution >= 4 is 14.1 Å². The lowest BCUT2D eigenvalue weighted by Crippen LogP contribution is -2.50. The summed E-state index contributed by atoms with van der Waals surface area (Å²) in [5.41, 5.74) is 5.18. The van der Waals surface area contributed by atoms with Gasteiger partial charge in [-0.2, -0.15) is 0 Å². The van der Waals surface area contributed by atoms with Gasteiger partial charge in [0.1, 0.15) is 29.2 Å². The molecule has 2 unspecified atom stereocenters. The molecule has 4 aromatic rings. The van der Waals surface area contributed by atoms with E-state index in [9.17, 15) is 0 Å². The van der Waals surface area contributed by atoms with Gasteiger partial charge in [0.25, 0.3) is 0 Å². The van der Waals surface area contributed by atoms with Crippen molar-refractivity contribution in [2.75, 3.05) is 4.90 Å². The third kappa shape index (κ3) is 6.60. The molecular weight excluding hydrogens is 598 g/mol. The van der Waals surface area contributed by atoms with E-state index in [1.807, 2.05) is 26.8 Å². The van der Waals surface area contributed by atoms with Gasteiger partial charge in [0, 0.05) is 23.7 Å². The van der Waals surface area contributed by atoms with Crippen molar-refractivity contribution in [2.24, 2.45) is 5.41 Å². The first-order chi connectivity index (χ1) is 21.4. The molecule has 1 aliphatic heterocycles. The van der Waals surface area contributed by atoms with Crippen LogP contribution in [0.4, 0.5) is 10.2 Å². The van der Waals surface area contributed by atoms with E-state index in [-0.39, 0.29) is 34.0 Å². The van der Waals surface area contributed by atoms with E-state index in [4.69, 9.17) is 23.7 Å². The van der Waals surface area contributed by atoms with E-state index in [1.54, 1.807) is 18.3 Å². The zero-order valence-corrected chi connectivity index (χ0v) is 30.4. The van der Waals surface area contributed by atoms with E-state index < -0.39 is 14.1 Å². The maximum Gasteiger partial charge on any atom is 0.192 e. The number of rotatable bonds is 8. The number of benzene rings is 1. The predicted octanol–water partition coefficient (Wildman–Crippen LogP) is 8.98. The first kappa shape index (κ1) is 33.7. The van der Waals surface area contributed by atoms with Crippen LogP contribution >= 0.6 is 0 Å². The molecule has 246 valence electrons. The zero-order chi connectivity index (χ0) is 33.8. The monoisotopic (exact) mass is 645 g/mol. The van der Waals surface area contributed by atoms with Gasteiger partial charge in [0.05, 0.1) is 40.9 Å². The fourth-order valence-corrected chi connectivity index (χ4v) is 7.33. The lowest BCUT2D eigenvalue weighted by atomic mass is 9.86. The van der Waals surface area contributed by atoms with Crippen LogP contribution in [0.2, 0.25) is 18.1 Å². The maximum absolute atomic E-state index is 15.8. The molecule has 5 rings (SSSR count). The van der Waals surface area contributed by atoms with Crippen molar-refractivity contribution in [3.63, 3.8) is 0 Å². The van der Waals surface area contributed by atoms with Gasteiger partial charge < -0.3 is 18.6 Å². The summed E-state index contributed by atoms with van der Waals surface area (Å²) in [4.78, 5) is 16.7. The van der Waals surface area contributed by atoms with Crippen LogP contribution in [0.5, 0.6) is 5.75 Å². The average Bonchev–Trinajstić information content (AvgIpc) is 3.53. The lowest BCUT2D eigenvalue weighted by molar-refractivity contribution is -0.0110. The Labute approximate surface area is 273 Å². The van der Waals surface area contributed by atoms with Crippen LogP contribution in [0.25, 0.3) is 22.6 Å². The molecule has 0 amide bonds. The van der Waals surface area contributed by atoms with Crippen LogP contribution in [0.3, 0.4) is 0 Å². The standard InChI is InChI=1S/C36H48FN5O3Si/c1-21-31(30-22(2)41-44-23(30)3)39-33(40-34(21)42-19-25-14-13-17-38-29(25)20-42)27-18-26(15-16-28(27)37)43-32(35(5,6)7)24(4)45-46(11,12)36(8,9)10/h13-18,24,32H,19-20H2,1-12H3. The third-order valence-corrected chi connectivity index (χ3v) is 14.0. The molecule has 46 heavy (non-hydrogen) atoms. The van der Waals surface area contributed by atoms with E-state index in [0.717, 1.165) is 22.4 Å². The highest BCUT2D eigenvalue weighted by atomic mass is 28.4. The highest BCUT2D eigenvalue weighted by Gasteiger charge is 2.42. The van der Waals surface area contributed by atoms with Crippen LogP contribution in [-0.2, 0) is 17.5 Å². The number of anilines is 1. The topological polar surface area (TPSA) is 86.4 Å². The molecule has 0 N–H and O–H groups in total. The fraction of sp³-hybridized carbons (Fsp3) is 0.500. The van der Waals surface area contributed by atoms with Crippen LogP contribution < -0.4 is 9.64 Å². The van der Waals surface area contributed by atoms with Crippen molar-refractivity contribution in [1.29, 1.82) is 0 Å². The summed E-state index contributed by atoms with van der Waals surface area (Å²) >= 11 is 0. The van der Waals surface area contributed by atoms with Gasteiger partial charge in [-0.1, -0.05) is 52.8 Å². The van der Waals surface area contributed by atoms with Crippen LogP contribution in [0.1, 0.15) is 76.7 Å². The summed E-state index contributed by atoms with van der Waals surface area (Å²) in [5.74, 6) is 1.72. The second kappa shape index (κ2) is 12.2. The van der Waals surface area contributed by atoms with E-state index >= 15 is 4.39 Å². The molecule has 10 heteroatoms.